The number of benzene rings is 1. The average molecular weight is 340 g/mol. The third-order valence-electron chi connectivity index (χ3n) is 3.86. The van der Waals surface area contributed by atoms with Crippen molar-refractivity contribution >= 4 is 18.0 Å². The molecule has 0 aliphatic rings. The summed E-state index contributed by atoms with van der Waals surface area (Å²) in [6.07, 6.45) is 1.58. The van der Waals surface area contributed by atoms with E-state index < -0.39 is 11.9 Å². The van der Waals surface area contributed by atoms with Gasteiger partial charge in [-0.15, -0.1) is 0 Å². The lowest BCUT2D eigenvalue weighted by Crippen LogP contribution is -2.14. The van der Waals surface area contributed by atoms with Gasteiger partial charge in [0.1, 0.15) is 0 Å². The maximum Gasteiger partial charge on any atom is 0.338 e. The summed E-state index contributed by atoms with van der Waals surface area (Å²) in [6.45, 7) is 7.44. The summed E-state index contributed by atoms with van der Waals surface area (Å²) in [6, 6.07) is 3.43. The molecule has 6 heteroatoms. The lowest BCUT2D eigenvalue weighted by Gasteiger charge is -2.13. The Balaban J connectivity index is 2.74. The number of esters is 1. The van der Waals surface area contributed by atoms with Crippen molar-refractivity contribution in [2.75, 3.05) is 20.2 Å². The van der Waals surface area contributed by atoms with Crippen molar-refractivity contribution in [1.82, 2.24) is 4.90 Å². The average Bonchev–Trinajstić information content (AvgIpc) is 2.51. The molecule has 24 heavy (non-hydrogen) atoms. The highest BCUT2D eigenvalue weighted by Gasteiger charge is 2.20. The minimum absolute atomic E-state index is 0.0120. The molecule has 0 heterocycles. The summed E-state index contributed by atoms with van der Waals surface area (Å²) in [4.78, 5) is 18.5. The maximum absolute atomic E-state index is 12.7. The monoisotopic (exact) mass is 340 g/mol. The van der Waals surface area contributed by atoms with E-state index >= 15 is 0 Å². The number of alkyl halides is 2. The molecule has 0 amide bonds. The Hall–Kier alpha value is -1.98. The highest BCUT2D eigenvalue weighted by Crippen LogP contribution is 2.25. The van der Waals surface area contributed by atoms with E-state index in [1.165, 1.54) is 0 Å². The topological polar surface area (TPSA) is 41.9 Å². The van der Waals surface area contributed by atoms with Crippen LogP contribution in [0.5, 0.6) is 0 Å². The van der Waals surface area contributed by atoms with Crippen LogP contribution in [0.3, 0.4) is 0 Å². The summed E-state index contributed by atoms with van der Waals surface area (Å²) in [5.41, 5.74) is 2.91. The predicted molar refractivity (Wildman–Crippen MR) is 92.5 cm³/mol. The number of carbonyl (C=O) groups is 1. The minimum Gasteiger partial charge on any atom is -0.462 e. The zero-order valence-electron chi connectivity index (χ0n) is 15.0. The van der Waals surface area contributed by atoms with Crippen LogP contribution in [0.15, 0.2) is 17.1 Å². The van der Waals surface area contributed by atoms with E-state index in [2.05, 4.69) is 4.99 Å². The SMILES string of the molecule is CCN(C)C=Nc1ccc(C(=O)OCCCC(C)(F)F)c(C)c1C. The molecule has 0 aromatic heterocycles. The van der Waals surface area contributed by atoms with Gasteiger partial charge in [-0.05, 0) is 57.4 Å². The Morgan fingerprint density at radius 3 is 2.58 bits per heavy atom. The van der Waals surface area contributed by atoms with Crippen LogP contribution in [0.1, 0.15) is 48.2 Å². The van der Waals surface area contributed by atoms with Gasteiger partial charge in [-0.3, -0.25) is 0 Å². The van der Waals surface area contributed by atoms with Crippen LogP contribution in [0.25, 0.3) is 0 Å². The fourth-order valence-electron chi connectivity index (χ4n) is 2.03. The highest BCUT2D eigenvalue weighted by molar-refractivity contribution is 5.92. The Morgan fingerprint density at radius 1 is 1.33 bits per heavy atom. The molecule has 1 aromatic carbocycles. The molecule has 0 radical (unpaired) electrons. The van der Waals surface area contributed by atoms with Crippen molar-refractivity contribution in [3.05, 3.63) is 28.8 Å². The molecule has 134 valence electrons. The normalized spacial score (nSPS) is 11.8. The number of carbonyl (C=O) groups excluding carboxylic acids is 1. The molecule has 0 saturated heterocycles. The van der Waals surface area contributed by atoms with E-state index in [0.29, 0.717) is 5.56 Å². The molecule has 0 fully saturated rings. The van der Waals surface area contributed by atoms with Gasteiger partial charge in [0.25, 0.3) is 0 Å². The minimum atomic E-state index is -2.73. The molecule has 0 aliphatic carbocycles. The molecule has 0 spiro atoms. The van der Waals surface area contributed by atoms with Gasteiger partial charge in [-0.1, -0.05) is 0 Å². The Kier molecular flexibility index (Phi) is 7.32. The van der Waals surface area contributed by atoms with Gasteiger partial charge in [-0.25, -0.2) is 18.6 Å². The van der Waals surface area contributed by atoms with E-state index in [9.17, 15) is 13.6 Å². The van der Waals surface area contributed by atoms with Gasteiger partial charge in [0.15, 0.2) is 0 Å². The zero-order chi connectivity index (χ0) is 18.3. The fraction of sp³-hybridized carbons (Fsp3) is 0.556. The molecule has 0 N–H and O–H groups in total. The number of hydrogen-bond donors (Lipinski definition) is 0. The van der Waals surface area contributed by atoms with Crippen molar-refractivity contribution in [3.63, 3.8) is 0 Å². The van der Waals surface area contributed by atoms with Crippen molar-refractivity contribution in [3.8, 4) is 0 Å². The second-order valence-electron chi connectivity index (χ2n) is 6.01. The summed E-state index contributed by atoms with van der Waals surface area (Å²) in [5.74, 6) is -3.22. The summed E-state index contributed by atoms with van der Waals surface area (Å²) < 4.78 is 30.6. The van der Waals surface area contributed by atoms with E-state index in [1.807, 2.05) is 32.7 Å². The molecule has 0 bridgehead atoms. The first-order chi connectivity index (χ1) is 11.2. The number of hydrogen-bond acceptors (Lipinski definition) is 3. The van der Waals surface area contributed by atoms with Crippen molar-refractivity contribution < 1.29 is 18.3 Å². The third kappa shape index (κ3) is 6.26. The number of ether oxygens (including phenoxy) is 1. The number of nitrogens with zero attached hydrogens (tertiary/aromatic N) is 2. The Labute approximate surface area is 142 Å². The molecule has 0 unspecified atom stereocenters. The number of halogens is 2. The van der Waals surface area contributed by atoms with Crippen molar-refractivity contribution in [2.24, 2.45) is 4.99 Å². The molecule has 1 aromatic rings. The second kappa shape index (κ2) is 8.76. The number of rotatable bonds is 8. The van der Waals surface area contributed by atoms with E-state index in [1.54, 1.807) is 18.5 Å². The predicted octanol–water partition coefficient (Wildman–Crippen LogP) is 4.51. The van der Waals surface area contributed by atoms with Crippen LogP contribution < -0.4 is 0 Å². The van der Waals surface area contributed by atoms with Gasteiger partial charge in [0.2, 0.25) is 5.92 Å². The molecule has 0 aliphatic heterocycles. The first kappa shape index (κ1) is 20.1. The quantitative estimate of drug-likeness (QED) is 0.303. The van der Waals surface area contributed by atoms with Crippen molar-refractivity contribution in [1.29, 1.82) is 0 Å². The largest absolute Gasteiger partial charge is 0.462 e. The molecule has 0 atom stereocenters. The third-order valence-corrected chi connectivity index (χ3v) is 3.86. The van der Waals surface area contributed by atoms with Crippen LogP contribution in [-0.4, -0.2) is 43.3 Å². The first-order valence-corrected chi connectivity index (χ1v) is 8.05. The van der Waals surface area contributed by atoms with Gasteiger partial charge >= 0.3 is 5.97 Å². The van der Waals surface area contributed by atoms with Gasteiger partial charge in [0.05, 0.1) is 24.2 Å². The molecular formula is C18H26F2N2O2. The van der Waals surface area contributed by atoms with Crippen molar-refractivity contribution in [2.45, 2.75) is 46.5 Å². The summed E-state index contributed by atoms with van der Waals surface area (Å²) >= 11 is 0. The lowest BCUT2D eigenvalue weighted by molar-refractivity contribution is 0.00248. The summed E-state index contributed by atoms with van der Waals surface area (Å²) in [7, 11) is 1.93. The Bertz CT molecular complexity index is 595. The van der Waals surface area contributed by atoms with Gasteiger partial charge < -0.3 is 9.64 Å². The van der Waals surface area contributed by atoms with E-state index in [4.69, 9.17) is 4.74 Å². The van der Waals surface area contributed by atoms with Gasteiger partial charge in [-0.2, -0.15) is 0 Å². The van der Waals surface area contributed by atoms with Crippen LogP contribution in [-0.2, 0) is 4.74 Å². The summed E-state index contributed by atoms with van der Waals surface area (Å²) in [5, 5.41) is 0. The van der Waals surface area contributed by atoms with Crippen LogP contribution in [0, 0.1) is 13.8 Å². The first-order valence-electron chi connectivity index (χ1n) is 8.05. The fourth-order valence-corrected chi connectivity index (χ4v) is 2.03. The van der Waals surface area contributed by atoms with E-state index in [-0.39, 0.29) is 19.4 Å². The lowest BCUT2D eigenvalue weighted by atomic mass is 10.0. The molecular weight excluding hydrogens is 314 g/mol. The Morgan fingerprint density at radius 2 is 2.00 bits per heavy atom. The standard InChI is InChI=1S/C18H26F2N2O2/c1-6-22(5)12-21-16-9-8-15(13(2)14(16)3)17(23)24-11-7-10-18(4,19)20/h8-9,12H,6-7,10-11H2,1-5H3. The zero-order valence-corrected chi connectivity index (χ0v) is 15.0. The van der Waals surface area contributed by atoms with Crippen LogP contribution in [0.2, 0.25) is 0 Å². The maximum atomic E-state index is 12.7. The second-order valence-corrected chi connectivity index (χ2v) is 6.01. The van der Waals surface area contributed by atoms with Crippen LogP contribution >= 0.6 is 0 Å². The molecule has 4 nitrogen and oxygen atoms in total. The molecule has 0 saturated carbocycles. The highest BCUT2D eigenvalue weighted by atomic mass is 19.3. The smallest absolute Gasteiger partial charge is 0.338 e. The van der Waals surface area contributed by atoms with E-state index in [0.717, 1.165) is 30.3 Å². The number of aliphatic imine (C=N–C) groups is 1. The van der Waals surface area contributed by atoms with Gasteiger partial charge in [0, 0.05) is 20.0 Å². The van der Waals surface area contributed by atoms with Crippen LogP contribution in [0.4, 0.5) is 14.5 Å². The molecule has 1 rings (SSSR count).